The first-order chi connectivity index (χ1) is 9.02. The van der Waals surface area contributed by atoms with E-state index in [1.165, 1.54) is 12.8 Å². The van der Waals surface area contributed by atoms with Crippen molar-refractivity contribution in [2.24, 2.45) is 0 Å². The standard InChI is InChI=1S/C10H10F3N5S/c11-10(12,13)8-16-9(18-17-8)15-4-6-3-14-7(19-6)5-1-2-5/h3,5H,1-2,4H2,(H2,15,16,17,18). The van der Waals surface area contributed by atoms with E-state index in [4.69, 9.17) is 0 Å². The Bertz CT molecular complexity index is 572. The molecule has 0 unspecified atom stereocenters. The molecular weight excluding hydrogens is 279 g/mol. The molecule has 0 bridgehead atoms. The summed E-state index contributed by atoms with van der Waals surface area (Å²) in [5, 5.41) is 9.17. The molecule has 0 spiro atoms. The van der Waals surface area contributed by atoms with Crippen molar-refractivity contribution in [3.8, 4) is 0 Å². The van der Waals surface area contributed by atoms with Crippen LogP contribution in [0.3, 0.4) is 0 Å². The molecule has 1 fully saturated rings. The van der Waals surface area contributed by atoms with Gasteiger partial charge in [0.25, 0.3) is 0 Å². The summed E-state index contributed by atoms with van der Waals surface area (Å²) in [5.74, 6) is -0.578. The molecule has 9 heteroatoms. The normalized spacial score (nSPS) is 15.7. The maximum absolute atomic E-state index is 12.3. The maximum atomic E-state index is 12.3. The Morgan fingerprint density at radius 3 is 2.84 bits per heavy atom. The first kappa shape index (κ1) is 12.4. The van der Waals surface area contributed by atoms with Crippen LogP contribution in [0.15, 0.2) is 6.20 Å². The molecule has 2 aromatic heterocycles. The van der Waals surface area contributed by atoms with Gasteiger partial charge in [-0.3, -0.25) is 5.10 Å². The highest BCUT2D eigenvalue weighted by atomic mass is 32.1. The van der Waals surface area contributed by atoms with Crippen LogP contribution in [0.1, 0.15) is 34.5 Å². The van der Waals surface area contributed by atoms with Crippen LogP contribution in [-0.2, 0) is 12.7 Å². The van der Waals surface area contributed by atoms with Gasteiger partial charge in [-0.25, -0.2) is 4.98 Å². The minimum absolute atomic E-state index is 0.0614. The summed E-state index contributed by atoms with van der Waals surface area (Å²) in [6.07, 6.45) is -0.411. The number of hydrogen-bond acceptors (Lipinski definition) is 5. The van der Waals surface area contributed by atoms with Crippen LogP contribution in [0.2, 0.25) is 0 Å². The second-order valence-electron chi connectivity index (χ2n) is 4.30. The minimum Gasteiger partial charge on any atom is -0.348 e. The van der Waals surface area contributed by atoms with Gasteiger partial charge in [0.05, 0.1) is 11.6 Å². The quantitative estimate of drug-likeness (QED) is 0.908. The van der Waals surface area contributed by atoms with E-state index in [9.17, 15) is 13.2 Å². The lowest BCUT2D eigenvalue weighted by Gasteiger charge is -1.99. The molecule has 2 heterocycles. The number of nitrogens with one attached hydrogen (secondary N) is 2. The van der Waals surface area contributed by atoms with Crippen molar-refractivity contribution in [1.82, 2.24) is 20.2 Å². The Hall–Kier alpha value is -1.64. The van der Waals surface area contributed by atoms with Crippen molar-refractivity contribution in [3.05, 3.63) is 21.9 Å². The van der Waals surface area contributed by atoms with Crippen LogP contribution in [0, 0.1) is 0 Å². The zero-order chi connectivity index (χ0) is 13.5. The van der Waals surface area contributed by atoms with E-state index in [1.54, 1.807) is 17.5 Å². The summed E-state index contributed by atoms with van der Waals surface area (Å²) >= 11 is 1.57. The number of H-pyrrole nitrogens is 1. The van der Waals surface area contributed by atoms with E-state index in [-0.39, 0.29) is 5.95 Å². The molecule has 2 N–H and O–H groups in total. The number of halogens is 3. The summed E-state index contributed by atoms with van der Waals surface area (Å²) in [4.78, 5) is 8.58. The third-order valence-corrected chi connectivity index (χ3v) is 3.83. The fraction of sp³-hybridized carbons (Fsp3) is 0.500. The molecule has 0 aliphatic heterocycles. The van der Waals surface area contributed by atoms with Gasteiger partial charge in [0.2, 0.25) is 11.8 Å². The number of aromatic nitrogens is 4. The van der Waals surface area contributed by atoms with Crippen LogP contribution in [-0.4, -0.2) is 20.2 Å². The van der Waals surface area contributed by atoms with Crippen LogP contribution in [0.5, 0.6) is 0 Å². The van der Waals surface area contributed by atoms with Crippen molar-refractivity contribution < 1.29 is 13.2 Å². The second kappa shape index (κ2) is 4.48. The number of rotatable bonds is 4. The predicted molar refractivity (Wildman–Crippen MR) is 62.8 cm³/mol. The SMILES string of the molecule is FC(F)(F)c1nc(NCc2cnc(C3CC3)s2)n[nH]1. The molecule has 0 radical (unpaired) electrons. The van der Waals surface area contributed by atoms with Gasteiger partial charge in [-0.15, -0.1) is 16.4 Å². The lowest BCUT2D eigenvalue weighted by Crippen LogP contribution is -2.07. The average Bonchev–Trinajstić information content (AvgIpc) is 2.91. The fourth-order valence-corrected chi connectivity index (χ4v) is 2.58. The summed E-state index contributed by atoms with van der Waals surface area (Å²) in [7, 11) is 0. The number of thiazole rings is 1. The van der Waals surface area contributed by atoms with E-state index in [0.717, 1.165) is 9.88 Å². The highest BCUT2D eigenvalue weighted by Gasteiger charge is 2.35. The molecule has 1 aliphatic carbocycles. The Morgan fingerprint density at radius 2 is 2.21 bits per heavy atom. The van der Waals surface area contributed by atoms with Gasteiger partial charge in [0.15, 0.2) is 0 Å². The highest BCUT2D eigenvalue weighted by Crippen LogP contribution is 2.41. The topological polar surface area (TPSA) is 66.5 Å². The van der Waals surface area contributed by atoms with E-state index in [1.807, 2.05) is 5.10 Å². The van der Waals surface area contributed by atoms with Gasteiger partial charge in [0.1, 0.15) is 0 Å². The van der Waals surface area contributed by atoms with E-state index in [2.05, 4.69) is 20.4 Å². The van der Waals surface area contributed by atoms with Crippen molar-refractivity contribution in [1.29, 1.82) is 0 Å². The molecule has 0 saturated heterocycles. The van der Waals surface area contributed by atoms with Crippen LogP contribution < -0.4 is 5.32 Å². The van der Waals surface area contributed by atoms with Crippen LogP contribution >= 0.6 is 11.3 Å². The number of anilines is 1. The predicted octanol–water partition coefficient (Wildman–Crippen LogP) is 2.77. The monoisotopic (exact) mass is 289 g/mol. The molecule has 1 aliphatic rings. The third-order valence-electron chi connectivity index (χ3n) is 2.67. The first-order valence-corrected chi connectivity index (χ1v) is 6.52. The van der Waals surface area contributed by atoms with Crippen molar-refractivity contribution in [2.45, 2.75) is 31.5 Å². The Kier molecular flexibility index (Phi) is 2.92. The Labute approximate surface area is 110 Å². The smallest absolute Gasteiger partial charge is 0.348 e. The van der Waals surface area contributed by atoms with Crippen molar-refractivity contribution in [2.75, 3.05) is 5.32 Å². The summed E-state index contributed by atoms with van der Waals surface area (Å²) < 4.78 is 36.9. The van der Waals surface area contributed by atoms with Crippen molar-refractivity contribution in [3.63, 3.8) is 0 Å². The van der Waals surface area contributed by atoms with E-state index >= 15 is 0 Å². The molecule has 0 aromatic carbocycles. The molecule has 2 aromatic rings. The first-order valence-electron chi connectivity index (χ1n) is 5.70. The molecule has 0 amide bonds. The van der Waals surface area contributed by atoms with Gasteiger partial charge in [-0.1, -0.05) is 0 Å². The largest absolute Gasteiger partial charge is 0.451 e. The van der Waals surface area contributed by atoms with Gasteiger partial charge in [0, 0.05) is 17.0 Å². The molecule has 1 saturated carbocycles. The zero-order valence-corrected chi connectivity index (χ0v) is 10.5. The summed E-state index contributed by atoms with van der Waals surface area (Å²) in [6.45, 7) is 0.375. The third kappa shape index (κ3) is 2.86. The lowest BCUT2D eigenvalue weighted by atomic mass is 10.5. The van der Waals surface area contributed by atoms with Gasteiger partial charge < -0.3 is 5.32 Å². The molecular formula is C10H10F3N5S. The number of nitrogens with zero attached hydrogens (tertiary/aromatic N) is 3. The van der Waals surface area contributed by atoms with E-state index < -0.39 is 12.0 Å². The van der Waals surface area contributed by atoms with Crippen LogP contribution in [0.4, 0.5) is 19.1 Å². The van der Waals surface area contributed by atoms with E-state index in [0.29, 0.717) is 12.5 Å². The molecule has 5 nitrogen and oxygen atoms in total. The highest BCUT2D eigenvalue weighted by molar-refractivity contribution is 7.11. The zero-order valence-electron chi connectivity index (χ0n) is 9.66. The van der Waals surface area contributed by atoms with Crippen molar-refractivity contribution >= 4 is 17.3 Å². The van der Waals surface area contributed by atoms with Gasteiger partial charge in [-0.2, -0.15) is 18.2 Å². The average molecular weight is 289 g/mol. The lowest BCUT2D eigenvalue weighted by molar-refractivity contribution is -0.144. The summed E-state index contributed by atoms with van der Waals surface area (Å²) in [5.41, 5.74) is 0. The Balaban J connectivity index is 1.60. The molecule has 102 valence electrons. The number of aromatic amines is 1. The van der Waals surface area contributed by atoms with Crippen LogP contribution in [0.25, 0.3) is 0 Å². The molecule has 19 heavy (non-hydrogen) atoms. The fourth-order valence-electron chi connectivity index (χ4n) is 1.56. The second-order valence-corrected chi connectivity index (χ2v) is 5.44. The minimum atomic E-state index is -4.50. The molecule has 3 rings (SSSR count). The molecule has 0 atom stereocenters. The Morgan fingerprint density at radius 1 is 1.42 bits per heavy atom. The summed E-state index contributed by atoms with van der Waals surface area (Å²) in [6, 6.07) is 0. The van der Waals surface area contributed by atoms with Gasteiger partial charge in [-0.05, 0) is 12.8 Å². The maximum Gasteiger partial charge on any atom is 0.451 e. The number of alkyl halides is 3. The van der Waals surface area contributed by atoms with Gasteiger partial charge >= 0.3 is 6.18 Å². The number of hydrogen-bond donors (Lipinski definition) is 2.